The van der Waals surface area contributed by atoms with Gasteiger partial charge in [-0.2, -0.15) is 5.26 Å². The van der Waals surface area contributed by atoms with Gasteiger partial charge in [0.2, 0.25) is 0 Å². The van der Waals surface area contributed by atoms with Gasteiger partial charge in [0.25, 0.3) is 0 Å². The molecule has 1 aliphatic heterocycles. The van der Waals surface area contributed by atoms with Gasteiger partial charge in [0.15, 0.2) is 0 Å². The van der Waals surface area contributed by atoms with E-state index in [1.807, 2.05) is 0 Å². The minimum Gasteiger partial charge on any atom is -0.394 e. The molecule has 1 saturated heterocycles. The van der Waals surface area contributed by atoms with Crippen LogP contribution >= 0.6 is 23.4 Å². The average Bonchev–Trinajstić information content (AvgIpc) is 3.25. The normalized spacial score (nSPS) is 25.1. The van der Waals surface area contributed by atoms with E-state index in [1.165, 1.54) is 24.7 Å². The highest BCUT2D eigenvalue weighted by Crippen LogP contribution is 2.38. The number of thioether (sulfide) groups is 1. The van der Waals surface area contributed by atoms with Crippen molar-refractivity contribution in [3.8, 4) is 17.3 Å². The molecule has 3 heterocycles. The Hall–Kier alpha value is -2.66. The maximum atomic E-state index is 14.0. The summed E-state index contributed by atoms with van der Waals surface area (Å²) in [5.41, 5.74) is -1.59. The van der Waals surface area contributed by atoms with Gasteiger partial charge in [-0.15, -0.1) is 5.10 Å². The average molecular weight is 496 g/mol. The molecule has 5 atom stereocenters. The van der Waals surface area contributed by atoms with E-state index >= 15 is 0 Å². The van der Waals surface area contributed by atoms with Crippen LogP contribution in [0.25, 0.3) is 11.3 Å². The molecule has 1 aliphatic rings. The second-order valence-corrected chi connectivity index (χ2v) is 8.77. The fourth-order valence-corrected chi connectivity index (χ4v) is 4.77. The zero-order valence-electron chi connectivity index (χ0n) is 16.6. The standard InChI is InChI=1S/C20H16ClF2N5O4S/c21-10-3-11(6-25-5-10)33-20-19(31)17(18(30)16(8-29)32-20)28-7-15(26-27-28)9-1-13(22)12(4-24)14(23)2-9/h1-3,5-7,16-20,29-31H,8H2/t16-,17+,18+,19-,20-/m1/s1. The first kappa shape index (κ1) is 23.5. The summed E-state index contributed by atoms with van der Waals surface area (Å²) in [5, 5.41) is 48.3. The summed E-state index contributed by atoms with van der Waals surface area (Å²) in [5.74, 6) is -2.11. The summed E-state index contributed by atoms with van der Waals surface area (Å²) >= 11 is 7.04. The van der Waals surface area contributed by atoms with Crippen molar-refractivity contribution in [1.82, 2.24) is 20.0 Å². The number of aliphatic hydroxyl groups excluding tert-OH is 3. The third-order valence-corrected chi connectivity index (χ3v) is 6.37. The second kappa shape index (κ2) is 9.68. The first-order chi connectivity index (χ1) is 15.8. The molecule has 9 nitrogen and oxygen atoms in total. The van der Waals surface area contributed by atoms with Crippen LogP contribution in [-0.4, -0.2) is 65.7 Å². The first-order valence-electron chi connectivity index (χ1n) is 9.53. The monoisotopic (exact) mass is 495 g/mol. The Morgan fingerprint density at radius 1 is 1.18 bits per heavy atom. The summed E-state index contributed by atoms with van der Waals surface area (Å²) in [7, 11) is 0. The number of nitrogens with zero attached hydrogens (tertiary/aromatic N) is 5. The predicted octanol–water partition coefficient (Wildman–Crippen LogP) is 1.92. The number of nitriles is 1. The lowest BCUT2D eigenvalue weighted by molar-refractivity contribution is -0.178. The van der Waals surface area contributed by atoms with Crippen LogP contribution < -0.4 is 0 Å². The highest BCUT2D eigenvalue weighted by Gasteiger charge is 2.46. The smallest absolute Gasteiger partial charge is 0.144 e. The quantitative estimate of drug-likeness (QED) is 0.484. The molecule has 0 aliphatic carbocycles. The molecule has 0 saturated carbocycles. The number of ether oxygens (including phenoxy) is 1. The van der Waals surface area contributed by atoms with E-state index in [-0.39, 0.29) is 11.3 Å². The van der Waals surface area contributed by atoms with E-state index in [4.69, 9.17) is 21.6 Å². The summed E-state index contributed by atoms with van der Waals surface area (Å²) in [6.07, 6.45) is 0.500. The third-order valence-electron chi connectivity index (χ3n) is 5.05. The summed E-state index contributed by atoms with van der Waals surface area (Å²) < 4.78 is 34.8. The number of benzene rings is 1. The molecule has 1 fully saturated rings. The highest BCUT2D eigenvalue weighted by molar-refractivity contribution is 7.99. The van der Waals surface area contributed by atoms with Crippen molar-refractivity contribution in [2.45, 2.75) is 34.7 Å². The maximum Gasteiger partial charge on any atom is 0.144 e. The van der Waals surface area contributed by atoms with E-state index in [0.717, 1.165) is 28.6 Å². The lowest BCUT2D eigenvalue weighted by atomic mass is 9.97. The van der Waals surface area contributed by atoms with Crippen molar-refractivity contribution in [3.63, 3.8) is 0 Å². The number of rotatable bonds is 5. The number of aromatic nitrogens is 4. The van der Waals surface area contributed by atoms with Crippen molar-refractivity contribution < 1.29 is 28.8 Å². The molecule has 0 radical (unpaired) electrons. The molecule has 3 aromatic rings. The number of pyridine rings is 1. The van der Waals surface area contributed by atoms with Crippen LogP contribution in [-0.2, 0) is 4.74 Å². The predicted molar refractivity (Wildman–Crippen MR) is 112 cm³/mol. The van der Waals surface area contributed by atoms with Crippen LogP contribution in [0.3, 0.4) is 0 Å². The topological polar surface area (TPSA) is 137 Å². The Bertz CT molecular complexity index is 1190. The van der Waals surface area contributed by atoms with Gasteiger partial charge >= 0.3 is 0 Å². The fraction of sp³-hybridized carbons (Fsp3) is 0.300. The van der Waals surface area contributed by atoms with Gasteiger partial charge in [-0.25, -0.2) is 13.5 Å². The van der Waals surface area contributed by atoms with E-state index in [2.05, 4.69) is 15.3 Å². The molecule has 172 valence electrons. The summed E-state index contributed by atoms with van der Waals surface area (Å²) in [4.78, 5) is 4.56. The van der Waals surface area contributed by atoms with E-state index in [9.17, 15) is 24.1 Å². The maximum absolute atomic E-state index is 14.0. The number of aliphatic hydroxyl groups is 3. The van der Waals surface area contributed by atoms with Crippen LogP contribution in [0.15, 0.2) is 41.7 Å². The van der Waals surface area contributed by atoms with Gasteiger partial charge in [-0.05, 0) is 18.2 Å². The van der Waals surface area contributed by atoms with E-state index in [1.54, 1.807) is 6.07 Å². The van der Waals surface area contributed by atoms with Crippen molar-refractivity contribution in [3.05, 3.63) is 59.0 Å². The van der Waals surface area contributed by atoms with Gasteiger partial charge in [0, 0.05) is 22.9 Å². The van der Waals surface area contributed by atoms with Gasteiger partial charge in [-0.3, -0.25) is 4.98 Å². The first-order valence-corrected chi connectivity index (χ1v) is 10.8. The zero-order valence-corrected chi connectivity index (χ0v) is 18.2. The van der Waals surface area contributed by atoms with Crippen LogP contribution in [0.4, 0.5) is 8.78 Å². The number of hydrogen-bond donors (Lipinski definition) is 3. The third kappa shape index (κ3) is 4.70. The minimum absolute atomic E-state index is 0.0147. The number of hydrogen-bond acceptors (Lipinski definition) is 9. The lowest BCUT2D eigenvalue weighted by Crippen LogP contribution is -2.55. The highest BCUT2D eigenvalue weighted by atomic mass is 35.5. The van der Waals surface area contributed by atoms with Gasteiger partial charge in [0.05, 0.1) is 17.8 Å². The van der Waals surface area contributed by atoms with Gasteiger partial charge in [0.1, 0.15) is 58.8 Å². The minimum atomic E-state index is -1.37. The van der Waals surface area contributed by atoms with Crippen molar-refractivity contribution in [2.24, 2.45) is 0 Å². The molecular weight excluding hydrogens is 480 g/mol. The fourth-order valence-electron chi connectivity index (χ4n) is 3.45. The zero-order chi connectivity index (χ0) is 23.7. The van der Waals surface area contributed by atoms with Crippen LogP contribution in [0.1, 0.15) is 11.6 Å². The van der Waals surface area contributed by atoms with Gasteiger partial charge in [-0.1, -0.05) is 28.6 Å². The van der Waals surface area contributed by atoms with E-state index < -0.39 is 53.6 Å². The van der Waals surface area contributed by atoms with E-state index in [0.29, 0.717) is 9.92 Å². The van der Waals surface area contributed by atoms with Crippen LogP contribution in [0.5, 0.6) is 0 Å². The summed E-state index contributed by atoms with van der Waals surface area (Å²) in [6, 6.07) is 3.83. The van der Waals surface area contributed by atoms with Crippen molar-refractivity contribution in [2.75, 3.05) is 6.61 Å². The molecule has 1 aromatic carbocycles. The molecule has 0 spiro atoms. The van der Waals surface area contributed by atoms with Gasteiger partial charge < -0.3 is 20.1 Å². The van der Waals surface area contributed by atoms with Crippen molar-refractivity contribution >= 4 is 23.4 Å². The van der Waals surface area contributed by atoms with Crippen molar-refractivity contribution in [1.29, 1.82) is 5.26 Å². The molecule has 3 N–H and O–H groups in total. The lowest BCUT2D eigenvalue weighted by Gasteiger charge is -2.41. The Kier molecular flexibility index (Phi) is 6.89. The molecule has 33 heavy (non-hydrogen) atoms. The Morgan fingerprint density at radius 3 is 2.55 bits per heavy atom. The van der Waals surface area contributed by atoms with Crippen LogP contribution in [0.2, 0.25) is 5.02 Å². The molecule has 0 bridgehead atoms. The Balaban J connectivity index is 1.64. The van der Waals surface area contributed by atoms with Crippen LogP contribution in [0, 0.1) is 23.0 Å². The number of halogens is 3. The molecule has 13 heteroatoms. The molecule has 2 aromatic heterocycles. The SMILES string of the molecule is N#Cc1c(F)cc(-c2cn([C@@H]3[C@@H](O)[C@@H](Sc4cncc(Cl)c4)O[C@H](CO)[C@@H]3O)nn2)cc1F. The Morgan fingerprint density at radius 2 is 1.91 bits per heavy atom. The molecule has 4 rings (SSSR count). The molecule has 0 amide bonds. The summed E-state index contributed by atoms with van der Waals surface area (Å²) in [6.45, 7) is -0.539. The second-order valence-electron chi connectivity index (χ2n) is 7.16. The Labute approximate surface area is 195 Å². The molecular formula is C20H16ClF2N5O4S. The molecule has 0 unspecified atom stereocenters. The largest absolute Gasteiger partial charge is 0.394 e.